The summed E-state index contributed by atoms with van der Waals surface area (Å²) in [6.45, 7) is 2.89. The maximum Gasteiger partial charge on any atom is 0.0438 e. The van der Waals surface area contributed by atoms with Gasteiger partial charge in [0.1, 0.15) is 0 Å². The minimum Gasteiger partial charge on any atom is -0.350 e. The van der Waals surface area contributed by atoms with Crippen LogP contribution in [0, 0.1) is 0 Å². The fourth-order valence-corrected chi connectivity index (χ4v) is 0.867. The summed E-state index contributed by atoms with van der Waals surface area (Å²) in [4.78, 5) is 0. The molecule has 0 radical (unpaired) electrons. The highest BCUT2D eigenvalue weighted by Crippen LogP contribution is 2.00. The molecule has 0 aromatic carbocycles. The van der Waals surface area contributed by atoms with Gasteiger partial charge in [-0.3, -0.25) is 0 Å². The van der Waals surface area contributed by atoms with Crippen molar-refractivity contribution < 1.29 is 0 Å². The molecule has 0 aliphatic rings. The lowest BCUT2D eigenvalue weighted by molar-refractivity contribution is 0.792. The largest absolute Gasteiger partial charge is 0.350 e. The van der Waals surface area contributed by atoms with Crippen LogP contribution >= 0.6 is 11.6 Å². The highest BCUT2D eigenvalue weighted by molar-refractivity contribution is 6.25. The molecule has 0 saturated heterocycles. The smallest absolute Gasteiger partial charge is 0.0438 e. The van der Waals surface area contributed by atoms with E-state index in [9.17, 15) is 0 Å². The van der Waals surface area contributed by atoms with E-state index in [4.69, 9.17) is 11.6 Å². The molecule has 1 heterocycles. The van der Waals surface area contributed by atoms with E-state index in [0.717, 1.165) is 12.1 Å². The molecule has 1 nitrogen and oxygen atoms in total. The van der Waals surface area contributed by atoms with Gasteiger partial charge in [-0.05, 0) is 24.6 Å². The van der Waals surface area contributed by atoms with Gasteiger partial charge >= 0.3 is 0 Å². The average molecular weight is 156 g/mol. The van der Waals surface area contributed by atoms with Gasteiger partial charge in [-0.1, -0.05) is 11.6 Å². The third kappa shape index (κ3) is 1.92. The van der Waals surface area contributed by atoms with Crippen molar-refractivity contribution in [1.29, 1.82) is 0 Å². The zero-order chi connectivity index (χ0) is 7.40. The summed E-state index contributed by atoms with van der Waals surface area (Å²) >= 11 is 5.49. The first-order chi connectivity index (χ1) is 4.83. The van der Waals surface area contributed by atoms with Crippen LogP contribution in [0.4, 0.5) is 0 Å². The van der Waals surface area contributed by atoms with Crippen LogP contribution in [0.2, 0.25) is 0 Å². The van der Waals surface area contributed by atoms with Crippen LogP contribution in [0.25, 0.3) is 0 Å². The summed E-state index contributed by atoms with van der Waals surface area (Å²) in [5.41, 5.74) is 2.78. The summed E-state index contributed by atoms with van der Waals surface area (Å²) in [5, 5.41) is 0. The monoisotopic (exact) mass is 155 g/mol. The van der Waals surface area contributed by atoms with Gasteiger partial charge in [0.05, 0.1) is 0 Å². The van der Waals surface area contributed by atoms with Crippen molar-refractivity contribution in [3.63, 3.8) is 0 Å². The number of rotatable bonds is 2. The van der Waals surface area contributed by atoms with Crippen molar-refractivity contribution in [3.05, 3.63) is 35.6 Å². The van der Waals surface area contributed by atoms with E-state index in [0.29, 0.717) is 0 Å². The van der Waals surface area contributed by atoms with Gasteiger partial charge in [-0.25, -0.2) is 0 Å². The normalized spacial score (nSPS) is 12.0. The zero-order valence-corrected chi connectivity index (χ0v) is 6.67. The lowest BCUT2D eigenvalue weighted by Crippen LogP contribution is -1.93. The fourth-order valence-electron chi connectivity index (χ4n) is 0.798. The number of halogens is 1. The van der Waals surface area contributed by atoms with Gasteiger partial charge in [0, 0.05) is 24.5 Å². The molecule has 10 heavy (non-hydrogen) atoms. The first kappa shape index (κ1) is 7.42. The first-order valence-corrected chi connectivity index (χ1v) is 3.63. The second kappa shape index (κ2) is 3.47. The fraction of sp³-hybridized carbons (Fsp3) is 0.250. The molecule has 0 aliphatic heterocycles. The molecule has 0 bridgehead atoms. The van der Waals surface area contributed by atoms with E-state index >= 15 is 0 Å². The van der Waals surface area contributed by atoms with Crippen LogP contribution < -0.4 is 0 Å². The van der Waals surface area contributed by atoms with Crippen LogP contribution in [-0.4, -0.2) is 4.57 Å². The Bertz CT molecular complexity index is 211. The third-order valence-electron chi connectivity index (χ3n) is 1.28. The molecule has 1 rings (SSSR count). The Morgan fingerprint density at radius 1 is 1.50 bits per heavy atom. The molecule has 0 N–H and O–H groups in total. The highest BCUT2D eigenvalue weighted by atomic mass is 35.5. The summed E-state index contributed by atoms with van der Waals surface area (Å²) in [7, 11) is 0. The molecule has 1 aromatic heterocycles. The van der Waals surface area contributed by atoms with E-state index in [1.165, 1.54) is 0 Å². The molecule has 0 spiro atoms. The quantitative estimate of drug-likeness (QED) is 0.619. The summed E-state index contributed by atoms with van der Waals surface area (Å²) in [6.07, 6.45) is 4.04. The van der Waals surface area contributed by atoms with Crippen LogP contribution in [0.5, 0.6) is 0 Å². The molecular formula is C8H10ClN. The van der Waals surface area contributed by atoms with Gasteiger partial charge < -0.3 is 4.57 Å². The Kier molecular flexibility index (Phi) is 2.57. The van der Waals surface area contributed by atoms with Gasteiger partial charge in [-0.15, -0.1) is 0 Å². The summed E-state index contributed by atoms with van der Waals surface area (Å²) < 4.78 is 2.08. The molecule has 1 aromatic rings. The Balaban J connectivity index is 2.56. The molecule has 54 valence electrons. The third-order valence-corrected chi connectivity index (χ3v) is 1.66. The number of nitrogens with zero attached hydrogens (tertiary/aromatic N) is 1. The van der Waals surface area contributed by atoms with Crippen molar-refractivity contribution in [3.8, 4) is 0 Å². The minimum absolute atomic E-state index is 0.885. The van der Waals surface area contributed by atoms with E-state index in [2.05, 4.69) is 4.57 Å². The highest BCUT2D eigenvalue weighted by Gasteiger charge is 1.88. The standard InChI is InChI=1S/C8H10ClN/c1-8(6-9)7-10-4-2-3-5-10/h2-6H,7H2,1H3/b8-6-. The Morgan fingerprint density at radius 3 is 2.60 bits per heavy atom. The Hall–Kier alpha value is -0.690. The first-order valence-electron chi connectivity index (χ1n) is 3.19. The number of allylic oxidation sites excluding steroid dienone is 1. The average Bonchev–Trinajstić information content (AvgIpc) is 2.40. The molecule has 0 amide bonds. The predicted octanol–water partition coefficient (Wildman–Crippen LogP) is 2.63. The zero-order valence-electron chi connectivity index (χ0n) is 5.92. The van der Waals surface area contributed by atoms with Gasteiger partial charge in [-0.2, -0.15) is 0 Å². The predicted molar refractivity (Wildman–Crippen MR) is 44.0 cm³/mol. The van der Waals surface area contributed by atoms with Crippen molar-refractivity contribution >= 4 is 11.6 Å². The molecule has 0 fully saturated rings. The van der Waals surface area contributed by atoms with Crippen molar-refractivity contribution in [2.45, 2.75) is 13.5 Å². The van der Waals surface area contributed by atoms with E-state index in [1.54, 1.807) is 5.54 Å². The maximum absolute atomic E-state index is 5.49. The Labute approximate surface area is 65.9 Å². The van der Waals surface area contributed by atoms with Crippen molar-refractivity contribution in [1.82, 2.24) is 4.57 Å². The van der Waals surface area contributed by atoms with Crippen LogP contribution in [0.1, 0.15) is 6.92 Å². The Morgan fingerprint density at radius 2 is 2.10 bits per heavy atom. The van der Waals surface area contributed by atoms with Gasteiger partial charge in [0.15, 0.2) is 0 Å². The summed E-state index contributed by atoms with van der Waals surface area (Å²) in [6, 6.07) is 4.00. The maximum atomic E-state index is 5.49. The molecule has 0 atom stereocenters. The van der Waals surface area contributed by atoms with Crippen LogP contribution in [0.3, 0.4) is 0 Å². The summed E-state index contributed by atoms with van der Waals surface area (Å²) in [5.74, 6) is 0. The molecular weight excluding hydrogens is 146 g/mol. The second-order valence-corrected chi connectivity index (χ2v) is 2.53. The van der Waals surface area contributed by atoms with Crippen LogP contribution in [-0.2, 0) is 6.54 Å². The number of hydrogen-bond acceptors (Lipinski definition) is 0. The number of aromatic nitrogens is 1. The topological polar surface area (TPSA) is 4.93 Å². The lowest BCUT2D eigenvalue weighted by Gasteiger charge is -1.99. The van der Waals surface area contributed by atoms with Crippen molar-refractivity contribution in [2.75, 3.05) is 0 Å². The number of hydrogen-bond donors (Lipinski definition) is 0. The lowest BCUT2D eigenvalue weighted by atomic mass is 10.3. The van der Waals surface area contributed by atoms with Crippen LogP contribution in [0.15, 0.2) is 35.6 Å². The molecule has 0 unspecified atom stereocenters. The van der Waals surface area contributed by atoms with E-state index in [-0.39, 0.29) is 0 Å². The van der Waals surface area contributed by atoms with Crippen molar-refractivity contribution in [2.24, 2.45) is 0 Å². The minimum atomic E-state index is 0.885. The van der Waals surface area contributed by atoms with Gasteiger partial charge in [0.2, 0.25) is 0 Å². The molecule has 0 aliphatic carbocycles. The van der Waals surface area contributed by atoms with E-state index in [1.807, 2.05) is 31.5 Å². The SMILES string of the molecule is C/C(=C/Cl)Cn1cccc1. The van der Waals surface area contributed by atoms with Gasteiger partial charge in [0.25, 0.3) is 0 Å². The molecule has 2 heteroatoms. The van der Waals surface area contributed by atoms with E-state index < -0.39 is 0 Å². The second-order valence-electron chi connectivity index (χ2n) is 2.31. The molecule has 0 saturated carbocycles.